The summed E-state index contributed by atoms with van der Waals surface area (Å²) in [7, 11) is 1.17. The maximum atomic E-state index is 14.2. The molecule has 0 radical (unpaired) electrons. The van der Waals surface area contributed by atoms with Gasteiger partial charge in [-0.1, -0.05) is 6.92 Å². The summed E-state index contributed by atoms with van der Waals surface area (Å²) < 4.78 is 81.2. The van der Waals surface area contributed by atoms with Crippen LogP contribution in [0.3, 0.4) is 0 Å². The zero-order valence-electron chi connectivity index (χ0n) is 18.7. The first-order valence-electron chi connectivity index (χ1n) is 10.4. The third-order valence-corrected chi connectivity index (χ3v) is 6.60. The number of rotatable bonds is 4. The molecular formula is C23H20F5N3O4. The van der Waals surface area contributed by atoms with Crippen molar-refractivity contribution in [1.82, 2.24) is 9.97 Å². The molecule has 4 atom stereocenters. The third kappa shape index (κ3) is 3.81. The molecule has 3 N–H and O–H groups in total. The Hall–Kier alpha value is -3.54. The van der Waals surface area contributed by atoms with E-state index in [2.05, 4.69) is 9.97 Å². The first-order valence-corrected chi connectivity index (χ1v) is 10.4. The minimum absolute atomic E-state index is 0.0645. The van der Waals surface area contributed by atoms with Gasteiger partial charge in [0.1, 0.15) is 17.5 Å². The number of hydrogen-bond donors (Lipinski definition) is 2. The van der Waals surface area contributed by atoms with Crippen LogP contribution < -0.4 is 15.9 Å². The molecule has 1 aromatic carbocycles. The number of amides is 1. The second-order valence-corrected chi connectivity index (χ2v) is 8.50. The number of pyridine rings is 2. The normalized spacial score (nSPS) is 24.6. The van der Waals surface area contributed by atoms with Crippen LogP contribution in [0.4, 0.5) is 22.0 Å². The summed E-state index contributed by atoms with van der Waals surface area (Å²) in [6, 6.07) is 3.84. The molecule has 1 saturated heterocycles. The number of primary amides is 1. The molecule has 1 fully saturated rings. The van der Waals surface area contributed by atoms with Crippen molar-refractivity contribution < 1.29 is 36.2 Å². The van der Waals surface area contributed by atoms with Gasteiger partial charge in [0.05, 0.1) is 18.0 Å². The predicted octanol–water partition coefficient (Wildman–Crippen LogP) is 4.12. The van der Waals surface area contributed by atoms with Crippen LogP contribution in [-0.4, -0.2) is 34.8 Å². The Labute approximate surface area is 195 Å². The van der Waals surface area contributed by atoms with Gasteiger partial charge in [0, 0.05) is 41.4 Å². The number of ether oxygens (including phenoxy) is 2. The zero-order valence-corrected chi connectivity index (χ0v) is 18.7. The molecule has 3 heterocycles. The number of methoxy groups -OCH3 is 1. The van der Waals surface area contributed by atoms with E-state index in [9.17, 15) is 31.5 Å². The number of H-pyrrole nitrogens is 1. The Balaban J connectivity index is 1.98. The van der Waals surface area contributed by atoms with E-state index in [0.29, 0.717) is 0 Å². The number of aromatic nitrogens is 2. The number of aromatic amines is 1. The number of nitrogens with one attached hydrogen (secondary N) is 1. The van der Waals surface area contributed by atoms with Gasteiger partial charge in [-0.3, -0.25) is 14.6 Å². The van der Waals surface area contributed by atoms with Gasteiger partial charge in [-0.15, -0.1) is 0 Å². The van der Waals surface area contributed by atoms with E-state index in [1.807, 2.05) is 0 Å². The standard InChI is InChI=1S/C23H20F5N3O4/c1-9-17(10-6-11(24)12(25)7-16(10)34-3)20(35-22(9,2)23(26,27)28)14-8-15(32)18-13(31-14)4-5-30-19(18)21(29)33/h4-9,17,20H,1-3H3,(H2,29,33)(H,31,32)/t9-,17-,20-,22+/m0/s1. The van der Waals surface area contributed by atoms with E-state index in [1.54, 1.807) is 0 Å². The van der Waals surface area contributed by atoms with Crippen LogP contribution in [0.15, 0.2) is 35.3 Å². The lowest BCUT2D eigenvalue weighted by molar-refractivity contribution is -0.275. The summed E-state index contributed by atoms with van der Waals surface area (Å²) >= 11 is 0. The van der Waals surface area contributed by atoms with Crippen LogP contribution in [0.1, 0.15) is 47.6 Å². The SMILES string of the molecule is COc1cc(F)c(F)cc1[C@H]1[C@H](c2cc(=O)c3c(C(N)=O)nccc3[nH]2)O[C@@](C)(C(F)(F)F)[C@H]1C. The van der Waals surface area contributed by atoms with Gasteiger partial charge in [0.2, 0.25) is 0 Å². The maximum absolute atomic E-state index is 14.2. The van der Waals surface area contributed by atoms with Gasteiger partial charge >= 0.3 is 6.18 Å². The first kappa shape index (κ1) is 24.6. The molecule has 1 amide bonds. The largest absolute Gasteiger partial charge is 0.496 e. The average Bonchev–Trinajstić information content (AvgIpc) is 3.06. The fourth-order valence-electron chi connectivity index (χ4n) is 4.61. The van der Waals surface area contributed by atoms with Gasteiger partial charge in [-0.2, -0.15) is 13.2 Å². The van der Waals surface area contributed by atoms with Crippen molar-refractivity contribution in [3.63, 3.8) is 0 Å². The number of fused-ring (bicyclic) bond motifs is 1. The summed E-state index contributed by atoms with van der Waals surface area (Å²) in [6.45, 7) is 2.12. The number of benzene rings is 1. The molecule has 0 bridgehead atoms. The molecule has 2 aromatic heterocycles. The van der Waals surface area contributed by atoms with Crippen LogP contribution in [-0.2, 0) is 4.74 Å². The highest BCUT2D eigenvalue weighted by molar-refractivity contribution is 6.03. The van der Waals surface area contributed by atoms with Gasteiger partial charge in [0.15, 0.2) is 22.7 Å². The fraction of sp³-hybridized carbons (Fsp3) is 0.348. The Bertz CT molecular complexity index is 1390. The third-order valence-electron chi connectivity index (χ3n) is 6.60. The molecule has 186 valence electrons. The van der Waals surface area contributed by atoms with E-state index in [-0.39, 0.29) is 33.6 Å². The minimum Gasteiger partial charge on any atom is -0.496 e. The van der Waals surface area contributed by atoms with Gasteiger partial charge in [-0.05, 0) is 19.1 Å². The second-order valence-electron chi connectivity index (χ2n) is 8.50. The van der Waals surface area contributed by atoms with E-state index in [4.69, 9.17) is 15.2 Å². The summed E-state index contributed by atoms with van der Waals surface area (Å²) in [4.78, 5) is 31.2. The lowest BCUT2D eigenvalue weighted by Gasteiger charge is -2.32. The predicted molar refractivity (Wildman–Crippen MR) is 114 cm³/mol. The van der Waals surface area contributed by atoms with Crippen molar-refractivity contribution >= 4 is 16.8 Å². The zero-order chi connectivity index (χ0) is 25.9. The summed E-state index contributed by atoms with van der Waals surface area (Å²) in [5, 5.41) is -0.143. The molecule has 3 aromatic rings. The lowest BCUT2D eigenvalue weighted by atomic mass is 9.76. The van der Waals surface area contributed by atoms with Crippen molar-refractivity contribution in [1.29, 1.82) is 0 Å². The van der Waals surface area contributed by atoms with Crippen LogP contribution in [0.25, 0.3) is 10.9 Å². The topological polar surface area (TPSA) is 107 Å². The Morgan fingerprint density at radius 3 is 2.49 bits per heavy atom. The number of alkyl halides is 3. The quantitative estimate of drug-likeness (QED) is 0.528. The Morgan fingerprint density at radius 1 is 1.23 bits per heavy atom. The van der Waals surface area contributed by atoms with Crippen LogP contribution >= 0.6 is 0 Å². The van der Waals surface area contributed by atoms with E-state index in [1.165, 1.54) is 26.3 Å². The number of carbonyl (C=O) groups excluding carboxylic acids is 1. The van der Waals surface area contributed by atoms with E-state index < -0.39 is 52.7 Å². The highest BCUT2D eigenvalue weighted by Gasteiger charge is 2.65. The second kappa shape index (κ2) is 8.29. The summed E-state index contributed by atoms with van der Waals surface area (Å²) in [6.07, 6.45) is -5.08. The minimum atomic E-state index is -4.84. The van der Waals surface area contributed by atoms with Crippen LogP contribution in [0.5, 0.6) is 5.75 Å². The monoisotopic (exact) mass is 497 g/mol. The van der Waals surface area contributed by atoms with Crippen molar-refractivity contribution in [2.45, 2.75) is 37.6 Å². The van der Waals surface area contributed by atoms with Crippen LogP contribution in [0, 0.1) is 17.6 Å². The first-order chi connectivity index (χ1) is 16.3. The smallest absolute Gasteiger partial charge is 0.417 e. The van der Waals surface area contributed by atoms with E-state index >= 15 is 0 Å². The fourth-order valence-corrected chi connectivity index (χ4v) is 4.61. The number of halogens is 5. The molecule has 0 saturated carbocycles. The molecular weight excluding hydrogens is 477 g/mol. The molecule has 0 unspecified atom stereocenters. The van der Waals surface area contributed by atoms with E-state index in [0.717, 1.165) is 25.1 Å². The van der Waals surface area contributed by atoms with Gasteiger partial charge in [-0.25, -0.2) is 8.78 Å². The lowest BCUT2D eigenvalue weighted by Crippen LogP contribution is -2.46. The number of hydrogen-bond acceptors (Lipinski definition) is 5. The molecule has 12 heteroatoms. The molecule has 1 aliphatic heterocycles. The van der Waals surface area contributed by atoms with Gasteiger partial charge in [0.25, 0.3) is 5.91 Å². The average molecular weight is 497 g/mol. The van der Waals surface area contributed by atoms with Gasteiger partial charge < -0.3 is 20.2 Å². The molecule has 0 aliphatic carbocycles. The number of nitrogens with zero attached hydrogens (tertiary/aromatic N) is 1. The molecule has 0 spiro atoms. The molecule has 1 aliphatic rings. The van der Waals surface area contributed by atoms with Crippen molar-refractivity contribution in [2.75, 3.05) is 7.11 Å². The maximum Gasteiger partial charge on any atom is 0.417 e. The van der Waals surface area contributed by atoms with Crippen LogP contribution in [0.2, 0.25) is 0 Å². The Morgan fingerprint density at radius 2 is 1.89 bits per heavy atom. The summed E-state index contributed by atoms with van der Waals surface area (Å²) in [5.41, 5.74) is 1.49. The Kier molecular flexibility index (Phi) is 5.82. The summed E-state index contributed by atoms with van der Waals surface area (Å²) in [5.74, 6) is -6.19. The highest BCUT2D eigenvalue weighted by atomic mass is 19.4. The molecule has 7 nitrogen and oxygen atoms in total. The van der Waals surface area contributed by atoms with Crippen molar-refractivity contribution in [2.24, 2.45) is 11.7 Å². The number of carbonyl (C=O) groups is 1. The molecule has 4 rings (SSSR count). The van der Waals surface area contributed by atoms with Crippen molar-refractivity contribution in [3.05, 3.63) is 69.3 Å². The highest BCUT2D eigenvalue weighted by Crippen LogP contribution is 2.59. The van der Waals surface area contributed by atoms with Crippen molar-refractivity contribution in [3.8, 4) is 5.75 Å². The molecule has 35 heavy (non-hydrogen) atoms. The number of nitrogens with two attached hydrogens (primary N) is 1.